The smallest absolute Gasteiger partial charge is 0.328 e. The molecule has 0 aliphatic rings. The number of aromatic nitrogens is 1. The van der Waals surface area contributed by atoms with E-state index in [0.29, 0.717) is 40.8 Å². The predicted molar refractivity (Wildman–Crippen MR) is 107 cm³/mol. The lowest BCUT2D eigenvalue weighted by atomic mass is 10.1. The first kappa shape index (κ1) is 23.4. The second-order valence-electron chi connectivity index (χ2n) is 6.23. The molecular weight excluding hydrogens is 378 g/mol. The van der Waals surface area contributed by atoms with Crippen LogP contribution >= 0.6 is 0 Å². The summed E-state index contributed by atoms with van der Waals surface area (Å²) in [7, 11) is 5.55. The summed E-state index contributed by atoms with van der Waals surface area (Å²) in [6, 6.07) is 7.38. The Balaban J connectivity index is 0.000000447. The number of aliphatic carboxylic acids is 2. The summed E-state index contributed by atoms with van der Waals surface area (Å²) in [5.41, 5.74) is 0.429. The third-order valence-corrected chi connectivity index (χ3v) is 3.79. The summed E-state index contributed by atoms with van der Waals surface area (Å²) in [4.78, 5) is 33.7. The van der Waals surface area contributed by atoms with Crippen molar-refractivity contribution in [2.45, 2.75) is 13.0 Å². The molecule has 154 valence electrons. The van der Waals surface area contributed by atoms with Gasteiger partial charge in [-0.05, 0) is 45.3 Å². The molecule has 9 nitrogen and oxygen atoms in total. The number of pyridine rings is 1. The van der Waals surface area contributed by atoms with Crippen LogP contribution in [0.2, 0.25) is 0 Å². The molecule has 9 heteroatoms. The van der Waals surface area contributed by atoms with Gasteiger partial charge in [-0.25, -0.2) is 9.59 Å². The SMILES string of the molecule is COc1ccc2c(C#N)cn(CCCN(C)C)c(=O)c2c1.O=C(O)/C=C\C(=O)O. The number of nitriles is 1. The van der Waals surface area contributed by atoms with Gasteiger partial charge in [0.15, 0.2) is 0 Å². The van der Waals surface area contributed by atoms with Crippen molar-refractivity contribution in [2.24, 2.45) is 0 Å². The van der Waals surface area contributed by atoms with E-state index in [-0.39, 0.29) is 5.56 Å². The molecule has 0 aliphatic carbocycles. The molecular formula is C20H23N3O6. The Labute approximate surface area is 167 Å². The first-order valence-corrected chi connectivity index (χ1v) is 8.59. The number of carbonyl (C=O) groups is 2. The van der Waals surface area contributed by atoms with E-state index in [4.69, 9.17) is 14.9 Å². The number of hydrogen-bond donors (Lipinski definition) is 2. The number of fused-ring (bicyclic) bond motifs is 1. The van der Waals surface area contributed by atoms with Crippen LogP contribution in [-0.2, 0) is 16.1 Å². The molecule has 0 atom stereocenters. The van der Waals surface area contributed by atoms with Crippen LogP contribution in [0.15, 0.2) is 41.3 Å². The Bertz CT molecular complexity index is 986. The van der Waals surface area contributed by atoms with Crippen LogP contribution in [0, 0.1) is 11.3 Å². The molecule has 0 radical (unpaired) electrons. The maximum absolute atomic E-state index is 12.5. The van der Waals surface area contributed by atoms with Gasteiger partial charge >= 0.3 is 11.9 Å². The Hall–Kier alpha value is -3.64. The lowest BCUT2D eigenvalue weighted by Gasteiger charge is -2.12. The van der Waals surface area contributed by atoms with Gasteiger partial charge in [0.1, 0.15) is 11.8 Å². The first-order chi connectivity index (χ1) is 13.7. The van der Waals surface area contributed by atoms with Crippen molar-refractivity contribution in [3.05, 3.63) is 52.5 Å². The third-order valence-electron chi connectivity index (χ3n) is 3.79. The number of methoxy groups -OCH3 is 1. The number of benzene rings is 1. The number of nitrogens with zero attached hydrogens (tertiary/aromatic N) is 3. The van der Waals surface area contributed by atoms with Gasteiger partial charge in [-0.3, -0.25) is 4.79 Å². The van der Waals surface area contributed by atoms with E-state index in [2.05, 4.69) is 11.0 Å². The van der Waals surface area contributed by atoms with Crippen LogP contribution in [0.4, 0.5) is 0 Å². The molecule has 1 aromatic carbocycles. The van der Waals surface area contributed by atoms with Crippen molar-refractivity contribution in [1.82, 2.24) is 9.47 Å². The largest absolute Gasteiger partial charge is 0.497 e. The Morgan fingerprint density at radius 1 is 1.21 bits per heavy atom. The molecule has 2 N–H and O–H groups in total. The number of carboxylic acids is 2. The van der Waals surface area contributed by atoms with E-state index in [9.17, 15) is 19.6 Å². The molecule has 2 aromatic rings. The highest BCUT2D eigenvalue weighted by atomic mass is 16.5. The average molecular weight is 401 g/mol. The fourth-order valence-corrected chi connectivity index (χ4v) is 2.46. The molecule has 0 unspecified atom stereocenters. The van der Waals surface area contributed by atoms with Crippen molar-refractivity contribution < 1.29 is 24.5 Å². The molecule has 1 aromatic heterocycles. The summed E-state index contributed by atoms with van der Waals surface area (Å²) in [5, 5.41) is 26.1. The molecule has 0 saturated heterocycles. The highest BCUT2D eigenvalue weighted by Crippen LogP contribution is 2.20. The standard InChI is InChI=1S/C16H19N3O2.C4H4O4/c1-18(2)7-4-8-19-11-12(10-17)14-6-5-13(21-3)9-15(14)16(19)20;5-3(6)1-2-4(7)8/h5-6,9,11H,4,7-8H2,1-3H3;1-2H,(H,5,6)(H,7,8)/b;2-1-. The van der Waals surface area contributed by atoms with E-state index in [1.165, 1.54) is 0 Å². The molecule has 0 fully saturated rings. The molecule has 0 bridgehead atoms. The second kappa shape index (κ2) is 11.3. The first-order valence-electron chi connectivity index (χ1n) is 8.59. The molecule has 0 aliphatic heterocycles. The second-order valence-corrected chi connectivity index (χ2v) is 6.23. The highest BCUT2D eigenvalue weighted by Gasteiger charge is 2.09. The van der Waals surface area contributed by atoms with E-state index in [1.54, 1.807) is 36.1 Å². The number of aryl methyl sites for hydroxylation is 1. The minimum absolute atomic E-state index is 0.0818. The molecule has 0 amide bonds. The van der Waals surface area contributed by atoms with E-state index < -0.39 is 11.9 Å². The van der Waals surface area contributed by atoms with Crippen molar-refractivity contribution in [2.75, 3.05) is 27.7 Å². The van der Waals surface area contributed by atoms with E-state index in [1.807, 2.05) is 14.1 Å². The Kier molecular flexibility index (Phi) is 9.08. The van der Waals surface area contributed by atoms with Crippen LogP contribution in [-0.4, -0.2) is 59.4 Å². The average Bonchev–Trinajstić information content (AvgIpc) is 2.68. The summed E-state index contributed by atoms with van der Waals surface area (Å²) in [5.74, 6) is -1.89. The number of ether oxygens (including phenoxy) is 1. The zero-order valence-corrected chi connectivity index (χ0v) is 16.5. The van der Waals surface area contributed by atoms with Crippen molar-refractivity contribution in [3.63, 3.8) is 0 Å². The zero-order chi connectivity index (χ0) is 22.0. The van der Waals surface area contributed by atoms with Gasteiger partial charge in [0.2, 0.25) is 0 Å². The summed E-state index contributed by atoms with van der Waals surface area (Å²) in [6.07, 6.45) is 3.62. The van der Waals surface area contributed by atoms with Gasteiger partial charge in [-0.15, -0.1) is 0 Å². The van der Waals surface area contributed by atoms with Crippen LogP contribution < -0.4 is 10.3 Å². The van der Waals surface area contributed by atoms with E-state index >= 15 is 0 Å². The van der Waals surface area contributed by atoms with E-state index in [0.717, 1.165) is 13.0 Å². The minimum atomic E-state index is -1.26. The van der Waals surface area contributed by atoms with Crippen LogP contribution in [0.3, 0.4) is 0 Å². The van der Waals surface area contributed by atoms with Gasteiger partial charge < -0.3 is 24.4 Å². The third kappa shape index (κ3) is 7.48. The quantitative estimate of drug-likeness (QED) is 0.668. The maximum atomic E-state index is 12.5. The summed E-state index contributed by atoms with van der Waals surface area (Å²) in [6.45, 7) is 1.49. The molecule has 0 spiro atoms. The lowest BCUT2D eigenvalue weighted by Crippen LogP contribution is -2.23. The normalized spacial score (nSPS) is 10.4. The van der Waals surface area contributed by atoms with Crippen LogP contribution in [0.25, 0.3) is 10.8 Å². The van der Waals surface area contributed by atoms with Crippen molar-refractivity contribution >= 4 is 22.7 Å². The predicted octanol–water partition coefficient (Wildman–Crippen LogP) is 1.55. The highest BCUT2D eigenvalue weighted by molar-refractivity contribution is 5.89. The summed E-state index contributed by atoms with van der Waals surface area (Å²) < 4.78 is 6.78. The topological polar surface area (TPSA) is 133 Å². The molecule has 29 heavy (non-hydrogen) atoms. The fraction of sp³-hybridized carbons (Fsp3) is 0.300. The lowest BCUT2D eigenvalue weighted by molar-refractivity contribution is -0.134. The van der Waals surface area contributed by atoms with Crippen molar-refractivity contribution in [1.29, 1.82) is 5.26 Å². The monoisotopic (exact) mass is 401 g/mol. The molecule has 2 rings (SSSR count). The van der Waals surface area contributed by atoms with Crippen LogP contribution in [0.1, 0.15) is 12.0 Å². The van der Waals surface area contributed by atoms with Gasteiger partial charge in [-0.2, -0.15) is 5.26 Å². The fourth-order valence-electron chi connectivity index (χ4n) is 2.46. The zero-order valence-electron chi connectivity index (χ0n) is 16.5. The number of hydrogen-bond acceptors (Lipinski definition) is 6. The molecule has 1 heterocycles. The van der Waals surface area contributed by atoms with Gasteiger partial charge in [0, 0.05) is 30.3 Å². The number of carboxylic acid groups (broad SMARTS) is 2. The van der Waals surface area contributed by atoms with Crippen molar-refractivity contribution in [3.8, 4) is 11.8 Å². The molecule has 0 saturated carbocycles. The maximum Gasteiger partial charge on any atom is 0.328 e. The number of rotatable bonds is 7. The van der Waals surface area contributed by atoms with Crippen LogP contribution in [0.5, 0.6) is 5.75 Å². The van der Waals surface area contributed by atoms with Gasteiger partial charge in [0.05, 0.1) is 18.1 Å². The summed E-state index contributed by atoms with van der Waals surface area (Å²) >= 11 is 0. The minimum Gasteiger partial charge on any atom is -0.497 e. The van der Waals surface area contributed by atoms with Gasteiger partial charge in [-0.1, -0.05) is 0 Å². The Morgan fingerprint density at radius 3 is 2.31 bits per heavy atom. The Morgan fingerprint density at radius 2 is 1.83 bits per heavy atom. The van der Waals surface area contributed by atoms with Gasteiger partial charge in [0.25, 0.3) is 5.56 Å².